The maximum atomic E-state index is 12.3. The number of aromatic nitrogens is 4. The molecular formula is C34H32N6O3. The molecule has 43 heavy (non-hydrogen) atoms. The standard InChI is InChI=1S/C34H32N6O3/c1-3-8-32(41)36-25-10-7-9-23(19-25)33-37-31-16-14-28(43-18-17-42-2)21-29(31)34(38-33)40(26-11-5-4-6-12-26)27-13-15-30-24(20-27)22-35-39-30/h4-7,9-16,19-22H,3,8,17-18H2,1-2H3,(H,35,39)(H,36,41). The lowest BCUT2D eigenvalue weighted by Gasteiger charge is -2.26. The topological polar surface area (TPSA) is 105 Å². The van der Waals surface area contributed by atoms with Gasteiger partial charge < -0.3 is 14.8 Å². The maximum Gasteiger partial charge on any atom is 0.224 e. The van der Waals surface area contributed by atoms with Crippen LogP contribution < -0.4 is 15.0 Å². The van der Waals surface area contributed by atoms with Crippen LogP contribution in [0.25, 0.3) is 33.2 Å². The summed E-state index contributed by atoms with van der Waals surface area (Å²) in [6.45, 7) is 2.88. The monoisotopic (exact) mass is 572 g/mol. The van der Waals surface area contributed by atoms with E-state index in [0.717, 1.165) is 45.2 Å². The predicted molar refractivity (Wildman–Crippen MR) is 170 cm³/mol. The third-order valence-corrected chi connectivity index (χ3v) is 6.99. The highest BCUT2D eigenvalue weighted by Gasteiger charge is 2.21. The van der Waals surface area contributed by atoms with E-state index in [1.807, 2.05) is 85.9 Å². The minimum atomic E-state index is -0.0225. The van der Waals surface area contributed by atoms with Crippen molar-refractivity contribution in [2.75, 3.05) is 30.5 Å². The number of nitrogens with one attached hydrogen (secondary N) is 2. The van der Waals surface area contributed by atoms with Gasteiger partial charge >= 0.3 is 0 Å². The van der Waals surface area contributed by atoms with E-state index >= 15 is 0 Å². The van der Waals surface area contributed by atoms with Gasteiger partial charge in [-0.05, 0) is 67.1 Å². The SMILES string of the molecule is CCCC(=O)Nc1cccc(-c2nc(N(c3ccccc3)c3ccc4[nH]ncc4c3)c3cc(OCCOC)ccc3n2)c1. The van der Waals surface area contributed by atoms with Crippen molar-refractivity contribution < 1.29 is 14.3 Å². The largest absolute Gasteiger partial charge is 0.491 e. The van der Waals surface area contributed by atoms with Crippen LogP contribution in [0.4, 0.5) is 22.9 Å². The zero-order chi connectivity index (χ0) is 29.6. The molecule has 6 aromatic rings. The molecule has 0 unspecified atom stereocenters. The molecule has 0 bridgehead atoms. The molecule has 216 valence electrons. The summed E-state index contributed by atoms with van der Waals surface area (Å²) in [5.74, 6) is 1.89. The van der Waals surface area contributed by atoms with Crippen LogP contribution in [-0.4, -0.2) is 46.4 Å². The highest BCUT2D eigenvalue weighted by molar-refractivity contribution is 5.98. The zero-order valence-corrected chi connectivity index (χ0v) is 24.1. The average Bonchev–Trinajstić information content (AvgIpc) is 3.50. The summed E-state index contributed by atoms with van der Waals surface area (Å²) in [7, 11) is 1.65. The first-order valence-corrected chi connectivity index (χ1v) is 14.2. The second-order valence-corrected chi connectivity index (χ2v) is 10.1. The van der Waals surface area contributed by atoms with Crippen molar-refractivity contribution in [1.29, 1.82) is 0 Å². The number of para-hydroxylation sites is 1. The Balaban J connectivity index is 1.54. The fourth-order valence-electron chi connectivity index (χ4n) is 4.95. The van der Waals surface area contributed by atoms with Gasteiger partial charge in [0.25, 0.3) is 0 Å². The van der Waals surface area contributed by atoms with Crippen LogP contribution in [0.2, 0.25) is 0 Å². The molecule has 2 aromatic heterocycles. The third kappa shape index (κ3) is 6.17. The van der Waals surface area contributed by atoms with Gasteiger partial charge in [-0.3, -0.25) is 14.8 Å². The number of fused-ring (bicyclic) bond motifs is 2. The predicted octanol–water partition coefficient (Wildman–Crippen LogP) is 7.41. The number of H-pyrrole nitrogens is 1. The Labute approximate surface area is 249 Å². The number of ether oxygens (including phenoxy) is 2. The van der Waals surface area contributed by atoms with Gasteiger partial charge in [0.05, 0.1) is 23.8 Å². The number of rotatable bonds is 11. The van der Waals surface area contributed by atoms with Crippen molar-refractivity contribution >= 4 is 50.6 Å². The number of aromatic amines is 1. The number of anilines is 4. The Hall–Kier alpha value is -5.28. The third-order valence-electron chi connectivity index (χ3n) is 6.99. The first kappa shape index (κ1) is 27.9. The van der Waals surface area contributed by atoms with Gasteiger partial charge in [-0.15, -0.1) is 0 Å². The van der Waals surface area contributed by atoms with E-state index in [-0.39, 0.29) is 5.91 Å². The van der Waals surface area contributed by atoms with E-state index in [9.17, 15) is 4.79 Å². The van der Waals surface area contributed by atoms with Crippen molar-refractivity contribution in [3.05, 3.63) is 97.2 Å². The van der Waals surface area contributed by atoms with Gasteiger partial charge in [0.2, 0.25) is 5.91 Å². The summed E-state index contributed by atoms with van der Waals surface area (Å²) in [5.41, 5.74) is 5.04. The Morgan fingerprint density at radius 3 is 2.63 bits per heavy atom. The summed E-state index contributed by atoms with van der Waals surface area (Å²) in [4.78, 5) is 24.6. The maximum absolute atomic E-state index is 12.3. The zero-order valence-electron chi connectivity index (χ0n) is 24.1. The van der Waals surface area contributed by atoms with Crippen molar-refractivity contribution in [2.24, 2.45) is 0 Å². The van der Waals surface area contributed by atoms with E-state index in [2.05, 4.69) is 38.6 Å². The van der Waals surface area contributed by atoms with Crippen LogP contribution in [0, 0.1) is 0 Å². The molecule has 0 aliphatic heterocycles. The first-order valence-electron chi connectivity index (χ1n) is 14.2. The normalized spacial score (nSPS) is 11.1. The molecular weight excluding hydrogens is 540 g/mol. The second-order valence-electron chi connectivity index (χ2n) is 10.1. The Morgan fingerprint density at radius 1 is 0.907 bits per heavy atom. The number of methoxy groups -OCH3 is 1. The molecule has 0 aliphatic carbocycles. The molecule has 0 spiro atoms. The molecule has 2 N–H and O–H groups in total. The first-order chi connectivity index (χ1) is 21.1. The summed E-state index contributed by atoms with van der Waals surface area (Å²) in [6, 6.07) is 29.7. The summed E-state index contributed by atoms with van der Waals surface area (Å²) >= 11 is 0. The molecule has 6 rings (SSSR count). The van der Waals surface area contributed by atoms with Crippen LogP contribution in [0.3, 0.4) is 0 Å². The van der Waals surface area contributed by atoms with E-state index in [1.165, 1.54) is 0 Å². The molecule has 1 amide bonds. The number of benzene rings is 4. The molecule has 0 aliphatic rings. The van der Waals surface area contributed by atoms with Crippen LogP contribution in [0.15, 0.2) is 97.2 Å². The van der Waals surface area contributed by atoms with Crippen LogP contribution in [-0.2, 0) is 9.53 Å². The van der Waals surface area contributed by atoms with Crippen LogP contribution >= 0.6 is 0 Å². The Bertz CT molecular complexity index is 1870. The molecule has 4 aromatic carbocycles. The van der Waals surface area contributed by atoms with E-state index < -0.39 is 0 Å². The number of hydrogen-bond acceptors (Lipinski definition) is 7. The van der Waals surface area contributed by atoms with Crippen molar-refractivity contribution in [1.82, 2.24) is 20.2 Å². The molecule has 0 radical (unpaired) electrons. The highest BCUT2D eigenvalue weighted by atomic mass is 16.5. The minimum Gasteiger partial charge on any atom is -0.491 e. The number of carbonyl (C=O) groups excluding carboxylic acids is 1. The van der Waals surface area contributed by atoms with Crippen LogP contribution in [0.1, 0.15) is 19.8 Å². The smallest absolute Gasteiger partial charge is 0.224 e. The second kappa shape index (κ2) is 12.7. The Kier molecular flexibility index (Phi) is 8.24. The summed E-state index contributed by atoms with van der Waals surface area (Å²) < 4.78 is 11.2. The van der Waals surface area contributed by atoms with Gasteiger partial charge in [0.15, 0.2) is 5.82 Å². The van der Waals surface area contributed by atoms with Crippen LogP contribution in [0.5, 0.6) is 5.75 Å². The number of amides is 1. The number of hydrogen-bond donors (Lipinski definition) is 2. The van der Waals surface area contributed by atoms with Crippen molar-refractivity contribution in [3.63, 3.8) is 0 Å². The average molecular weight is 573 g/mol. The molecule has 9 heteroatoms. The quantitative estimate of drug-likeness (QED) is 0.156. The lowest BCUT2D eigenvalue weighted by atomic mass is 10.1. The van der Waals surface area contributed by atoms with E-state index in [4.69, 9.17) is 19.4 Å². The van der Waals surface area contributed by atoms with Gasteiger partial charge in [-0.25, -0.2) is 9.97 Å². The van der Waals surface area contributed by atoms with E-state index in [1.54, 1.807) is 7.11 Å². The van der Waals surface area contributed by atoms with Gasteiger partial charge in [-0.2, -0.15) is 5.10 Å². The fourth-order valence-corrected chi connectivity index (χ4v) is 4.95. The Morgan fingerprint density at radius 2 is 1.79 bits per heavy atom. The fraction of sp³-hybridized carbons (Fsp3) is 0.176. The molecule has 0 saturated carbocycles. The number of carbonyl (C=O) groups is 1. The lowest BCUT2D eigenvalue weighted by molar-refractivity contribution is -0.116. The number of nitrogens with zero attached hydrogens (tertiary/aromatic N) is 4. The minimum absolute atomic E-state index is 0.0225. The van der Waals surface area contributed by atoms with E-state index in [0.29, 0.717) is 42.7 Å². The molecule has 2 heterocycles. The molecule has 0 atom stereocenters. The van der Waals surface area contributed by atoms with Gasteiger partial charge in [0, 0.05) is 46.9 Å². The molecule has 9 nitrogen and oxygen atoms in total. The highest BCUT2D eigenvalue weighted by Crippen LogP contribution is 2.40. The summed E-state index contributed by atoms with van der Waals surface area (Å²) in [5, 5.41) is 12.0. The summed E-state index contributed by atoms with van der Waals surface area (Å²) in [6.07, 6.45) is 3.05. The lowest BCUT2D eigenvalue weighted by Crippen LogP contribution is -2.13. The van der Waals surface area contributed by atoms with Crippen molar-refractivity contribution in [2.45, 2.75) is 19.8 Å². The van der Waals surface area contributed by atoms with Crippen molar-refractivity contribution in [3.8, 4) is 17.1 Å². The van der Waals surface area contributed by atoms with Gasteiger partial charge in [-0.1, -0.05) is 37.3 Å². The molecule has 0 saturated heterocycles. The molecule has 0 fully saturated rings. The van der Waals surface area contributed by atoms with Gasteiger partial charge in [0.1, 0.15) is 18.2 Å².